The summed E-state index contributed by atoms with van der Waals surface area (Å²) < 4.78 is 0. The zero-order valence-corrected chi connectivity index (χ0v) is 10.6. The number of anilines is 1. The minimum Gasteiger partial charge on any atom is -0.378 e. The molecule has 4 heteroatoms. The van der Waals surface area contributed by atoms with Crippen molar-refractivity contribution >= 4 is 17.0 Å². The standard InChI is InChI=1S/C13H13N3S/c1-9-10(2)17-13(16-9)8-15-12-5-3-4-11(6-12)7-14/h3-6,15H,8H2,1-2H3. The molecule has 1 aromatic carbocycles. The SMILES string of the molecule is Cc1nc(CNc2cccc(C#N)c2)sc1C. The first-order valence-corrected chi connectivity index (χ1v) is 6.17. The van der Waals surface area contributed by atoms with Gasteiger partial charge in [0.15, 0.2) is 0 Å². The highest BCUT2D eigenvalue weighted by atomic mass is 32.1. The molecule has 0 spiro atoms. The topological polar surface area (TPSA) is 48.7 Å². The molecule has 3 nitrogen and oxygen atoms in total. The van der Waals surface area contributed by atoms with Gasteiger partial charge in [0.25, 0.3) is 0 Å². The summed E-state index contributed by atoms with van der Waals surface area (Å²) in [6, 6.07) is 9.59. The molecule has 0 unspecified atom stereocenters. The van der Waals surface area contributed by atoms with Crippen molar-refractivity contribution in [1.29, 1.82) is 5.26 Å². The Labute approximate surface area is 105 Å². The van der Waals surface area contributed by atoms with Gasteiger partial charge in [0.05, 0.1) is 23.9 Å². The number of aryl methyl sites for hydroxylation is 2. The van der Waals surface area contributed by atoms with Crippen LogP contribution < -0.4 is 5.32 Å². The summed E-state index contributed by atoms with van der Waals surface area (Å²) in [7, 11) is 0. The van der Waals surface area contributed by atoms with E-state index in [1.54, 1.807) is 17.4 Å². The molecule has 1 N–H and O–H groups in total. The highest BCUT2D eigenvalue weighted by molar-refractivity contribution is 7.11. The lowest BCUT2D eigenvalue weighted by Gasteiger charge is -2.03. The molecular weight excluding hydrogens is 230 g/mol. The zero-order chi connectivity index (χ0) is 12.3. The molecule has 1 aromatic heterocycles. The normalized spacial score (nSPS) is 9.94. The molecule has 0 amide bonds. The van der Waals surface area contributed by atoms with Crippen molar-refractivity contribution in [3.05, 3.63) is 45.4 Å². The average Bonchev–Trinajstić information content (AvgIpc) is 2.67. The smallest absolute Gasteiger partial charge is 0.112 e. The van der Waals surface area contributed by atoms with Crippen LogP contribution in [0.2, 0.25) is 0 Å². The summed E-state index contributed by atoms with van der Waals surface area (Å²) in [6.07, 6.45) is 0. The van der Waals surface area contributed by atoms with Gasteiger partial charge in [0, 0.05) is 10.6 Å². The summed E-state index contributed by atoms with van der Waals surface area (Å²) >= 11 is 1.70. The Balaban J connectivity index is 2.05. The first-order valence-electron chi connectivity index (χ1n) is 5.36. The lowest BCUT2D eigenvalue weighted by atomic mass is 10.2. The highest BCUT2D eigenvalue weighted by Gasteiger charge is 2.03. The Morgan fingerprint density at radius 1 is 1.41 bits per heavy atom. The number of nitriles is 1. The predicted molar refractivity (Wildman–Crippen MR) is 70.1 cm³/mol. The Bertz CT molecular complexity index is 547. The number of nitrogens with zero attached hydrogens (tertiary/aromatic N) is 2. The van der Waals surface area contributed by atoms with E-state index in [-0.39, 0.29) is 0 Å². The first-order chi connectivity index (χ1) is 8.19. The van der Waals surface area contributed by atoms with E-state index in [2.05, 4.69) is 23.3 Å². The number of hydrogen-bond donors (Lipinski definition) is 1. The number of thiazole rings is 1. The van der Waals surface area contributed by atoms with Crippen LogP contribution in [-0.4, -0.2) is 4.98 Å². The fourth-order valence-electron chi connectivity index (χ4n) is 1.49. The monoisotopic (exact) mass is 243 g/mol. The molecule has 0 radical (unpaired) electrons. The molecule has 1 heterocycles. The second kappa shape index (κ2) is 4.98. The van der Waals surface area contributed by atoms with Gasteiger partial charge >= 0.3 is 0 Å². The lowest BCUT2D eigenvalue weighted by Crippen LogP contribution is -1.98. The molecule has 0 aliphatic rings. The maximum atomic E-state index is 8.80. The molecule has 2 rings (SSSR count). The minimum absolute atomic E-state index is 0.668. The van der Waals surface area contributed by atoms with E-state index in [9.17, 15) is 0 Å². The van der Waals surface area contributed by atoms with Crippen molar-refractivity contribution in [3.8, 4) is 6.07 Å². The molecular formula is C13H13N3S. The maximum absolute atomic E-state index is 8.80. The quantitative estimate of drug-likeness (QED) is 0.900. The molecule has 17 heavy (non-hydrogen) atoms. The summed E-state index contributed by atoms with van der Waals surface area (Å²) in [5, 5.41) is 13.1. The number of benzene rings is 1. The molecule has 0 bridgehead atoms. The predicted octanol–water partition coefficient (Wildman–Crippen LogP) is 3.24. The third-order valence-electron chi connectivity index (χ3n) is 2.51. The van der Waals surface area contributed by atoms with Crippen molar-refractivity contribution in [2.24, 2.45) is 0 Å². The van der Waals surface area contributed by atoms with Gasteiger partial charge in [0.1, 0.15) is 5.01 Å². The van der Waals surface area contributed by atoms with Gasteiger partial charge in [-0.3, -0.25) is 0 Å². The van der Waals surface area contributed by atoms with Crippen LogP contribution in [0.3, 0.4) is 0 Å². The Morgan fingerprint density at radius 3 is 2.88 bits per heavy atom. The van der Waals surface area contributed by atoms with Gasteiger partial charge in [-0.15, -0.1) is 11.3 Å². The maximum Gasteiger partial charge on any atom is 0.112 e. The summed E-state index contributed by atoms with van der Waals surface area (Å²) in [5.74, 6) is 0. The molecule has 2 aromatic rings. The highest BCUT2D eigenvalue weighted by Crippen LogP contribution is 2.18. The van der Waals surface area contributed by atoms with Crippen LogP contribution in [0.1, 0.15) is 21.1 Å². The van der Waals surface area contributed by atoms with Crippen molar-refractivity contribution in [1.82, 2.24) is 4.98 Å². The van der Waals surface area contributed by atoms with Gasteiger partial charge in [-0.2, -0.15) is 5.26 Å². The molecule has 0 saturated heterocycles. The van der Waals surface area contributed by atoms with Crippen LogP contribution in [0.4, 0.5) is 5.69 Å². The van der Waals surface area contributed by atoms with Gasteiger partial charge in [0.2, 0.25) is 0 Å². The average molecular weight is 243 g/mol. The third-order valence-corrected chi connectivity index (χ3v) is 3.58. The summed E-state index contributed by atoms with van der Waals surface area (Å²) in [6.45, 7) is 4.80. The van der Waals surface area contributed by atoms with Crippen LogP contribution >= 0.6 is 11.3 Å². The van der Waals surface area contributed by atoms with Gasteiger partial charge < -0.3 is 5.32 Å². The van der Waals surface area contributed by atoms with Crippen molar-refractivity contribution in [2.75, 3.05) is 5.32 Å². The van der Waals surface area contributed by atoms with Crippen LogP contribution in [0.15, 0.2) is 24.3 Å². The second-order valence-corrected chi connectivity index (χ2v) is 5.08. The molecule has 0 aliphatic heterocycles. The Kier molecular flexibility index (Phi) is 3.40. The number of rotatable bonds is 3. The van der Waals surface area contributed by atoms with Crippen LogP contribution in [0, 0.1) is 25.2 Å². The molecule has 0 atom stereocenters. The van der Waals surface area contributed by atoms with Crippen molar-refractivity contribution < 1.29 is 0 Å². The third kappa shape index (κ3) is 2.83. The van der Waals surface area contributed by atoms with Crippen LogP contribution in [0.25, 0.3) is 0 Å². The Morgan fingerprint density at radius 2 is 2.24 bits per heavy atom. The summed E-state index contributed by atoms with van der Waals surface area (Å²) in [5.41, 5.74) is 2.72. The van der Waals surface area contributed by atoms with E-state index in [4.69, 9.17) is 5.26 Å². The fraction of sp³-hybridized carbons (Fsp3) is 0.231. The van der Waals surface area contributed by atoms with E-state index in [1.165, 1.54) is 4.88 Å². The number of hydrogen-bond acceptors (Lipinski definition) is 4. The number of nitrogens with one attached hydrogen (secondary N) is 1. The van der Waals surface area contributed by atoms with Crippen LogP contribution in [0.5, 0.6) is 0 Å². The largest absolute Gasteiger partial charge is 0.378 e. The lowest BCUT2D eigenvalue weighted by molar-refractivity contribution is 1.07. The summed E-state index contributed by atoms with van der Waals surface area (Å²) in [4.78, 5) is 5.72. The van der Waals surface area contributed by atoms with Gasteiger partial charge in [-0.25, -0.2) is 4.98 Å². The molecule has 0 aliphatic carbocycles. The van der Waals surface area contributed by atoms with Gasteiger partial charge in [-0.1, -0.05) is 6.07 Å². The van der Waals surface area contributed by atoms with E-state index in [0.717, 1.165) is 16.4 Å². The second-order valence-electron chi connectivity index (χ2n) is 3.80. The van der Waals surface area contributed by atoms with E-state index < -0.39 is 0 Å². The number of aromatic nitrogens is 1. The van der Waals surface area contributed by atoms with Crippen molar-refractivity contribution in [3.63, 3.8) is 0 Å². The molecule has 0 fully saturated rings. The fourth-order valence-corrected chi connectivity index (χ4v) is 2.36. The van der Waals surface area contributed by atoms with E-state index >= 15 is 0 Å². The zero-order valence-electron chi connectivity index (χ0n) is 9.82. The van der Waals surface area contributed by atoms with Crippen LogP contribution in [-0.2, 0) is 6.54 Å². The van der Waals surface area contributed by atoms with E-state index in [0.29, 0.717) is 12.1 Å². The first kappa shape index (κ1) is 11.6. The molecule has 0 saturated carbocycles. The van der Waals surface area contributed by atoms with Crippen molar-refractivity contribution in [2.45, 2.75) is 20.4 Å². The van der Waals surface area contributed by atoms with E-state index in [1.807, 2.05) is 25.1 Å². The molecule has 86 valence electrons. The minimum atomic E-state index is 0.668. The Hall–Kier alpha value is -1.86. The van der Waals surface area contributed by atoms with Gasteiger partial charge in [-0.05, 0) is 32.0 Å².